The Kier molecular flexibility index (Phi) is 4.90. The summed E-state index contributed by atoms with van der Waals surface area (Å²) in [5, 5.41) is 4.53. The van der Waals surface area contributed by atoms with E-state index in [1.807, 2.05) is 0 Å². The van der Waals surface area contributed by atoms with Crippen LogP contribution in [0.15, 0.2) is 59.0 Å². The summed E-state index contributed by atoms with van der Waals surface area (Å²) in [6, 6.07) is 7.56. The van der Waals surface area contributed by atoms with Crippen LogP contribution in [0, 0.1) is 0 Å². The molecule has 2 aromatic heterocycles. The first-order valence-corrected chi connectivity index (χ1v) is 8.29. The number of hydrogen-bond donors (Lipinski definition) is 1. The van der Waals surface area contributed by atoms with Gasteiger partial charge in [0.15, 0.2) is 5.13 Å². The maximum atomic E-state index is 12.8. The molecule has 3 aromatic rings. The lowest BCUT2D eigenvalue weighted by Crippen LogP contribution is -2.29. The topological polar surface area (TPSA) is 64.0 Å². The van der Waals surface area contributed by atoms with E-state index in [4.69, 9.17) is 0 Å². The first-order valence-electron chi connectivity index (χ1n) is 7.41. The summed E-state index contributed by atoms with van der Waals surface area (Å²) in [5.74, 6) is -0.622. The van der Waals surface area contributed by atoms with E-state index in [1.54, 1.807) is 5.38 Å². The third-order valence-electron chi connectivity index (χ3n) is 3.52. The summed E-state index contributed by atoms with van der Waals surface area (Å²) in [6.45, 7) is -0.0822. The van der Waals surface area contributed by atoms with Crippen molar-refractivity contribution in [3.8, 4) is 0 Å². The highest BCUT2D eigenvalue weighted by Gasteiger charge is 2.30. The van der Waals surface area contributed by atoms with E-state index in [-0.39, 0.29) is 12.1 Å². The van der Waals surface area contributed by atoms with Gasteiger partial charge in [0.2, 0.25) is 0 Å². The summed E-state index contributed by atoms with van der Waals surface area (Å²) < 4.78 is 39.6. The molecule has 0 saturated carbocycles. The molecule has 0 atom stereocenters. The van der Waals surface area contributed by atoms with Crippen molar-refractivity contribution in [2.75, 3.05) is 5.32 Å². The molecule has 26 heavy (non-hydrogen) atoms. The average Bonchev–Trinajstić information content (AvgIpc) is 3.09. The lowest BCUT2D eigenvalue weighted by Gasteiger charge is -2.11. The van der Waals surface area contributed by atoms with Gasteiger partial charge < -0.3 is 4.57 Å². The summed E-state index contributed by atoms with van der Waals surface area (Å²) in [6.07, 6.45) is -1.53. The van der Waals surface area contributed by atoms with Crippen molar-refractivity contribution in [1.82, 2.24) is 9.55 Å². The smallest absolute Gasteiger partial charge is 0.310 e. The summed E-state index contributed by atoms with van der Waals surface area (Å²) in [7, 11) is 0. The molecule has 1 aromatic carbocycles. The van der Waals surface area contributed by atoms with Crippen LogP contribution in [0.2, 0.25) is 0 Å². The Balaban J connectivity index is 1.86. The minimum absolute atomic E-state index is 0.0822. The van der Waals surface area contributed by atoms with Crippen molar-refractivity contribution in [3.63, 3.8) is 0 Å². The molecule has 2 heterocycles. The molecule has 0 radical (unpaired) electrons. The maximum absolute atomic E-state index is 12.8. The van der Waals surface area contributed by atoms with Crippen molar-refractivity contribution in [3.05, 3.63) is 81.2 Å². The molecular weight excluding hydrogens is 367 g/mol. The molecule has 0 aliphatic rings. The van der Waals surface area contributed by atoms with Crippen molar-refractivity contribution in [1.29, 1.82) is 0 Å². The normalized spacial score (nSPS) is 11.3. The molecule has 0 saturated heterocycles. The molecule has 0 spiro atoms. The zero-order chi connectivity index (χ0) is 18.7. The number of rotatable bonds is 4. The highest BCUT2D eigenvalue weighted by atomic mass is 32.1. The van der Waals surface area contributed by atoms with Gasteiger partial charge in [-0.15, -0.1) is 11.3 Å². The lowest BCUT2D eigenvalue weighted by atomic mass is 10.1. The minimum atomic E-state index is -4.46. The number of amides is 1. The average molecular weight is 379 g/mol. The summed E-state index contributed by atoms with van der Waals surface area (Å²) in [5.41, 5.74) is -1.20. The van der Waals surface area contributed by atoms with Gasteiger partial charge in [-0.2, -0.15) is 13.2 Å². The predicted molar refractivity (Wildman–Crippen MR) is 91.3 cm³/mol. The molecule has 0 unspecified atom stereocenters. The van der Waals surface area contributed by atoms with Gasteiger partial charge in [0.05, 0.1) is 12.1 Å². The minimum Gasteiger partial charge on any atom is -0.310 e. The van der Waals surface area contributed by atoms with E-state index < -0.39 is 23.2 Å². The van der Waals surface area contributed by atoms with Gasteiger partial charge in [-0.25, -0.2) is 4.98 Å². The maximum Gasteiger partial charge on any atom is 0.416 e. The highest BCUT2D eigenvalue weighted by Crippen LogP contribution is 2.29. The van der Waals surface area contributed by atoms with Crippen molar-refractivity contribution in [2.45, 2.75) is 12.7 Å². The van der Waals surface area contributed by atoms with Gasteiger partial charge in [-0.3, -0.25) is 14.9 Å². The lowest BCUT2D eigenvalue weighted by molar-refractivity contribution is -0.137. The largest absolute Gasteiger partial charge is 0.416 e. The third kappa shape index (κ3) is 3.99. The Hall–Kier alpha value is -2.94. The molecule has 0 aliphatic carbocycles. The fourth-order valence-corrected chi connectivity index (χ4v) is 2.85. The summed E-state index contributed by atoms with van der Waals surface area (Å²) in [4.78, 5) is 28.6. The second kappa shape index (κ2) is 7.12. The van der Waals surface area contributed by atoms with E-state index in [2.05, 4.69) is 10.3 Å². The number of benzene rings is 1. The Labute approximate surface area is 149 Å². The van der Waals surface area contributed by atoms with Crippen LogP contribution in [0.4, 0.5) is 18.3 Å². The number of carbonyl (C=O) groups is 1. The Morgan fingerprint density at radius 2 is 2.04 bits per heavy atom. The highest BCUT2D eigenvalue weighted by molar-refractivity contribution is 7.13. The number of pyridine rings is 1. The van der Waals surface area contributed by atoms with E-state index >= 15 is 0 Å². The van der Waals surface area contributed by atoms with Crippen LogP contribution in [0.1, 0.15) is 21.5 Å². The molecule has 1 N–H and O–H groups in total. The molecule has 0 bridgehead atoms. The molecule has 134 valence electrons. The SMILES string of the molecule is O=C(Nc1nccs1)c1cccn(Cc2cccc(C(F)(F)F)c2)c1=O. The van der Waals surface area contributed by atoms with Gasteiger partial charge in [0.25, 0.3) is 11.5 Å². The Bertz CT molecular complexity index is 981. The molecule has 9 heteroatoms. The number of carbonyl (C=O) groups excluding carboxylic acids is 1. The second-order valence-electron chi connectivity index (χ2n) is 5.34. The number of nitrogens with zero attached hydrogens (tertiary/aromatic N) is 2. The monoisotopic (exact) mass is 379 g/mol. The van der Waals surface area contributed by atoms with E-state index in [0.717, 1.165) is 12.1 Å². The zero-order valence-electron chi connectivity index (χ0n) is 13.2. The van der Waals surface area contributed by atoms with E-state index in [0.29, 0.717) is 10.7 Å². The van der Waals surface area contributed by atoms with Crippen LogP contribution in [0.3, 0.4) is 0 Å². The van der Waals surface area contributed by atoms with E-state index in [1.165, 1.54) is 52.6 Å². The molecular formula is C17H12F3N3O2S. The number of alkyl halides is 3. The second-order valence-corrected chi connectivity index (χ2v) is 6.24. The third-order valence-corrected chi connectivity index (χ3v) is 4.21. The van der Waals surface area contributed by atoms with Gasteiger partial charge >= 0.3 is 6.18 Å². The summed E-state index contributed by atoms with van der Waals surface area (Å²) >= 11 is 1.20. The Morgan fingerprint density at radius 1 is 1.23 bits per heavy atom. The van der Waals surface area contributed by atoms with Gasteiger partial charge in [-0.1, -0.05) is 12.1 Å². The molecule has 0 aliphatic heterocycles. The number of nitrogens with one attached hydrogen (secondary N) is 1. The Morgan fingerprint density at radius 3 is 2.73 bits per heavy atom. The number of hydrogen-bond acceptors (Lipinski definition) is 4. The zero-order valence-corrected chi connectivity index (χ0v) is 14.0. The van der Waals surface area contributed by atoms with Crippen LogP contribution in [0.5, 0.6) is 0 Å². The quantitative estimate of drug-likeness (QED) is 0.753. The number of thiazole rings is 1. The van der Waals surface area contributed by atoms with Gasteiger partial charge in [-0.05, 0) is 29.8 Å². The van der Waals surface area contributed by atoms with Gasteiger partial charge in [0.1, 0.15) is 5.56 Å². The van der Waals surface area contributed by atoms with Crippen LogP contribution in [0.25, 0.3) is 0 Å². The first kappa shape index (κ1) is 17.9. The van der Waals surface area contributed by atoms with Crippen LogP contribution in [-0.2, 0) is 12.7 Å². The van der Waals surface area contributed by atoms with Crippen LogP contribution in [-0.4, -0.2) is 15.5 Å². The van der Waals surface area contributed by atoms with Crippen molar-refractivity contribution < 1.29 is 18.0 Å². The van der Waals surface area contributed by atoms with Crippen molar-refractivity contribution in [2.24, 2.45) is 0 Å². The van der Waals surface area contributed by atoms with Crippen LogP contribution >= 0.6 is 11.3 Å². The van der Waals surface area contributed by atoms with Crippen LogP contribution < -0.4 is 10.9 Å². The standard InChI is InChI=1S/C17H12F3N3O2S/c18-17(19,20)12-4-1-3-11(9-12)10-23-7-2-5-13(15(23)25)14(24)22-16-21-6-8-26-16/h1-9H,10H2,(H,21,22,24). The molecule has 0 fully saturated rings. The molecule has 1 amide bonds. The fraction of sp³-hybridized carbons (Fsp3) is 0.118. The fourth-order valence-electron chi connectivity index (χ4n) is 2.33. The predicted octanol–water partition coefficient (Wildman–Crippen LogP) is 3.62. The molecule has 3 rings (SSSR count). The number of aromatic nitrogens is 2. The van der Waals surface area contributed by atoms with E-state index in [9.17, 15) is 22.8 Å². The number of halogens is 3. The number of anilines is 1. The molecule has 5 nitrogen and oxygen atoms in total. The first-order chi connectivity index (χ1) is 12.3. The van der Waals surface area contributed by atoms with Gasteiger partial charge in [0, 0.05) is 17.8 Å². The van der Waals surface area contributed by atoms with Crippen molar-refractivity contribution >= 4 is 22.4 Å².